The number of fused-ring (bicyclic) bond motifs is 1. The third-order valence-corrected chi connectivity index (χ3v) is 6.51. The molecule has 1 aliphatic rings. The molecule has 1 aliphatic heterocycles. The van der Waals surface area contributed by atoms with Crippen molar-refractivity contribution in [3.63, 3.8) is 0 Å². The quantitative estimate of drug-likeness (QED) is 0.478. The highest BCUT2D eigenvalue weighted by Crippen LogP contribution is 2.33. The fourth-order valence-corrected chi connectivity index (χ4v) is 4.69. The summed E-state index contributed by atoms with van der Waals surface area (Å²) in [5.74, 6) is 1.76. The summed E-state index contributed by atoms with van der Waals surface area (Å²) in [5.41, 5.74) is 4.66. The van der Waals surface area contributed by atoms with E-state index < -0.39 is 0 Å². The van der Waals surface area contributed by atoms with Crippen LogP contribution in [0.2, 0.25) is 0 Å². The van der Waals surface area contributed by atoms with E-state index in [1.165, 1.54) is 5.56 Å². The number of pyridine rings is 2. The Kier molecular flexibility index (Phi) is 5.50. The summed E-state index contributed by atoms with van der Waals surface area (Å²) in [6.45, 7) is 8.40. The van der Waals surface area contributed by atoms with Gasteiger partial charge in [-0.2, -0.15) is 0 Å². The Morgan fingerprint density at radius 3 is 2.70 bits per heavy atom. The van der Waals surface area contributed by atoms with Gasteiger partial charge in [0.25, 0.3) is 5.56 Å². The van der Waals surface area contributed by atoms with E-state index >= 15 is 0 Å². The van der Waals surface area contributed by atoms with Gasteiger partial charge < -0.3 is 18.8 Å². The van der Waals surface area contributed by atoms with E-state index in [9.17, 15) is 4.79 Å². The maximum absolute atomic E-state index is 12.3. The number of rotatable bonds is 4. The Morgan fingerprint density at radius 1 is 1.18 bits per heavy atom. The molecule has 1 aromatic carbocycles. The first kappa shape index (κ1) is 21.4. The van der Waals surface area contributed by atoms with Crippen LogP contribution in [0.1, 0.15) is 31.0 Å². The molecule has 33 heavy (non-hydrogen) atoms. The van der Waals surface area contributed by atoms with Crippen LogP contribution in [-0.2, 0) is 11.8 Å². The van der Waals surface area contributed by atoms with Crippen LogP contribution in [0.4, 0.5) is 5.82 Å². The minimum Gasteiger partial charge on any atom is -0.377 e. The van der Waals surface area contributed by atoms with Gasteiger partial charge in [0.1, 0.15) is 17.2 Å². The van der Waals surface area contributed by atoms with Gasteiger partial charge >= 0.3 is 0 Å². The molecule has 1 saturated heterocycles. The standard InChI is InChI=1S/C26H29N5O2/c1-17-12-21(15-29(4)26(17)32)25-28-22-14-27-24(30-10-11-33-16-18(30)2)13-23(22)31(25)19(3)20-8-6-5-7-9-20/h5-9,12-15,18-19H,10-11,16H2,1-4H3/t18-,19-/m0/s1. The molecule has 4 aromatic rings. The van der Waals surface area contributed by atoms with Gasteiger partial charge in [-0.3, -0.25) is 4.79 Å². The normalized spacial score (nSPS) is 17.5. The Balaban J connectivity index is 1.73. The van der Waals surface area contributed by atoms with E-state index in [-0.39, 0.29) is 17.6 Å². The monoisotopic (exact) mass is 443 g/mol. The number of benzene rings is 1. The zero-order valence-corrected chi connectivity index (χ0v) is 19.5. The molecule has 0 radical (unpaired) electrons. The smallest absolute Gasteiger partial charge is 0.253 e. The molecule has 5 rings (SSSR count). The lowest BCUT2D eigenvalue weighted by Gasteiger charge is -2.34. The van der Waals surface area contributed by atoms with Crippen molar-refractivity contribution in [2.75, 3.05) is 24.7 Å². The minimum absolute atomic E-state index is 0.00257. The second-order valence-electron chi connectivity index (χ2n) is 8.87. The molecule has 3 aromatic heterocycles. The molecule has 0 aliphatic carbocycles. The van der Waals surface area contributed by atoms with Crippen molar-refractivity contribution >= 4 is 16.9 Å². The molecule has 0 spiro atoms. The van der Waals surface area contributed by atoms with Gasteiger partial charge in [0.2, 0.25) is 0 Å². The van der Waals surface area contributed by atoms with Crippen LogP contribution in [0.15, 0.2) is 59.7 Å². The van der Waals surface area contributed by atoms with Crippen molar-refractivity contribution in [3.8, 4) is 11.4 Å². The van der Waals surface area contributed by atoms with Crippen LogP contribution in [0, 0.1) is 6.92 Å². The molecule has 2 atom stereocenters. The SMILES string of the molecule is Cc1cc(-c2nc3cnc(N4CCOC[C@@H]4C)cc3n2[C@@H](C)c2ccccc2)cn(C)c1=O. The van der Waals surface area contributed by atoms with Gasteiger partial charge in [0.15, 0.2) is 0 Å². The highest BCUT2D eigenvalue weighted by atomic mass is 16.5. The third kappa shape index (κ3) is 3.82. The van der Waals surface area contributed by atoms with Crippen molar-refractivity contribution < 1.29 is 4.74 Å². The zero-order valence-electron chi connectivity index (χ0n) is 19.5. The summed E-state index contributed by atoms with van der Waals surface area (Å²) < 4.78 is 9.51. The summed E-state index contributed by atoms with van der Waals surface area (Å²) in [6, 6.07) is 14.8. The van der Waals surface area contributed by atoms with Crippen LogP contribution in [0.25, 0.3) is 22.4 Å². The molecule has 0 unspecified atom stereocenters. The number of hydrogen-bond acceptors (Lipinski definition) is 5. The summed E-state index contributed by atoms with van der Waals surface area (Å²) in [4.78, 5) is 24.4. The molecule has 4 heterocycles. The van der Waals surface area contributed by atoms with Crippen LogP contribution in [0.5, 0.6) is 0 Å². The molecule has 0 amide bonds. The topological polar surface area (TPSA) is 65.2 Å². The molecule has 0 saturated carbocycles. The van der Waals surface area contributed by atoms with Crippen LogP contribution in [0.3, 0.4) is 0 Å². The van der Waals surface area contributed by atoms with Gasteiger partial charge in [-0.1, -0.05) is 30.3 Å². The van der Waals surface area contributed by atoms with E-state index in [4.69, 9.17) is 14.7 Å². The van der Waals surface area contributed by atoms with Crippen LogP contribution in [-0.4, -0.2) is 44.9 Å². The van der Waals surface area contributed by atoms with E-state index in [0.29, 0.717) is 18.8 Å². The average molecular weight is 444 g/mol. The maximum Gasteiger partial charge on any atom is 0.253 e. The predicted molar refractivity (Wildman–Crippen MR) is 131 cm³/mol. The number of nitrogens with zero attached hydrogens (tertiary/aromatic N) is 5. The number of hydrogen-bond donors (Lipinski definition) is 0. The Morgan fingerprint density at radius 2 is 1.97 bits per heavy atom. The molecule has 0 N–H and O–H groups in total. The van der Waals surface area contributed by atoms with Crippen molar-refractivity contribution in [1.82, 2.24) is 19.1 Å². The fourth-order valence-electron chi connectivity index (χ4n) is 4.69. The number of ether oxygens (including phenoxy) is 1. The number of morpholine rings is 1. The maximum atomic E-state index is 12.3. The van der Waals surface area contributed by atoms with Crippen molar-refractivity contribution in [2.45, 2.75) is 32.9 Å². The van der Waals surface area contributed by atoms with Crippen molar-refractivity contribution in [1.29, 1.82) is 0 Å². The molecule has 7 heteroatoms. The minimum atomic E-state index is 0.00257. The first-order valence-electron chi connectivity index (χ1n) is 11.4. The van der Waals surface area contributed by atoms with Gasteiger partial charge in [0.05, 0.1) is 37.0 Å². The van der Waals surface area contributed by atoms with E-state index in [1.807, 2.05) is 31.5 Å². The molecule has 1 fully saturated rings. The Bertz CT molecular complexity index is 1330. The first-order chi connectivity index (χ1) is 15.9. The second-order valence-corrected chi connectivity index (χ2v) is 8.87. The van der Waals surface area contributed by atoms with Crippen molar-refractivity contribution in [3.05, 3.63) is 76.3 Å². The van der Waals surface area contributed by atoms with Gasteiger partial charge in [-0.15, -0.1) is 0 Å². The van der Waals surface area contributed by atoms with E-state index in [2.05, 4.69) is 53.6 Å². The van der Waals surface area contributed by atoms with Gasteiger partial charge in [0, 0.05) is 37.0 Å². The second kappa shape index (κ2) is 8.48. The summed E-state index contributed by atoms with van der Waals surface area (Å²) in [5, 5.41) is 0. The van der Waals surface area contributed by atoms with Crippen molar-refractivity contribution in [2.24, 2.45) is 7.05 Å². The summed E-state index contributed by atoms with van der Waals surface area (Å²) in [7, 11) is 1.78. The molecule has 0 bridgehead atoms. The van der Waals surface area contributed by atoms with Gasteiger partial charge in [-0.05, 0) is 32.4 Å². The molecular weight excluding hydrogens is 414 g/mol. The average Bonchev–Trinajstić information content (AvgIpc) is 3.21. The van der Waals surface area contributed by atoms with E-state index in [0.717, 1.165) is 34.8 Å². The lowest BCUT2D eigenvalue weighted by Crippen LogP contribution is -2.44. The number of aromatic nitrogens is 4. The first-order valence-corrected chi connectivity index (χ1v) is 11.4. The highest BCUT2D eigenvalue weighted by molar-refractivity contribution is 5.83. The fraction of sp³-hybridized carbons (Fsp3) is 0.346. The lowest BCUT2D eigenvalue weighted by atomic mass is 10.1. The summed E-state index contributed by atoms with van der Waals surface area (Å²) >= 11 is 0. The lowest BCUT2D eigenvalue weighted by molar-refractivity contribution is 0.0985. The predicted octanol–water partition coefficient (Wildman–Crippen LogP) is 3.94. The number of imidazole rings is 1. The number of aryl methyl sites for hydroxylation is 2. The molecule has 7 nitrogen and oxygen atoms in total. The molecule has 170 valence electrons. The summed E-state index contributed by atoms with van der Waals surface area (Å²) in [6.07, 6.45) is 3.72. The Hall–Kier alpha value is -3.45. The molecular formula is C26H29N5O2. The third-order valence-electron chi connectivity index (χ3n) is 6.51. The van der Waals surface area contributed by atoms with Crippen LogP contribution < -0.4 is 10.5 Å². The van der Waals surface area contributed by atoms with E-state index in [1.54, 1.807) is 11.6 Å². The highest BCUT2D eigenvalue weighted by Gasteiger charge is 2.24. The van der Waals surface area contributed by atoms with Crippen LogP contribution >= 0.6 is 0 Å². The van der Waals surface area contributed by atoms with Gasteiger partial charge in [-0.25, -0.2) is 9.97 Å². The number of anilines is 1. The Labute approximate surface area is 193 Å². The zero-order chi connectivity index (χ0) is 23.1. The largest absolute Gasteiger partial charge is 0.377 e.